The van der Waals surface area contributed by atoms with E-state index >= 15 is 0 Å². The summed E-state index contributed by atoms with van der Waals surface area (Å²) in [5.41, 5.74) is 7.87. The lowest BCUT2D eigenvalue weighted by Gasteiger charge is -2.15. The number of anilines is 1. The molecule has 1 aliphatic rings. The summed E-state index contributed by atoms with van der Waals surface area (Å²) < 4.78 is 11.1. The summed E-state index contributed by atoms with van der Waals surface area (Å²) in [7, 11) is 0. The Kier molecular flexibility index (Phi) is 6.12. The van der Waals surface area contributed by atoms with Gasteiger partial charge in [0.15, 0.2) is 5.76 Å². The summed E-state index contributed by atoms with van der Waals surface area (Å²) in [6.45, 7) is 3.55. The number of carbonyl (C=O) groups is 1. The van der Waals surface area contributed by atoms with Gasteiger partial charge in [-0.1, -0.05) is 77.4 Å². The lowest BCUT2D eigenvalue weighted by molar-refractivity contribution is 0.121. The molecule has 1 aliphatic carbocycles. The van der Waals surface area contributed by atoms with Crippen LogP contribution < -0.4 is 5.32 Å². The Balaban J connectivity index is 1.33. The van der Waals surface area contributed by atoms with Gasteiger partial charge >= 0.3 is 6.09 Å². The zero-order valence-corrected chi connectivity index (χ0v) is 19.9. The number of nitrogens with one attached hydrogen (secondary N) is 1. The second-order valence-corrected chi connectivity index (χ2v) is 8.99. The third kappa shape index (κ3) is 4.44. The van der Waals surface area contributed by atoms with E-state index in [0.29, 0.717) is 22.2 Å². The number of halogens is 1. The average Bonchev–Trinajstić information content (AvgIpc) is 3.45. The summed E-state index contributed by atoms with van der Waals surface area (Å²) in [6.07, 6.45) is 2.45. The highest BCUT2D eigenvalue weighted by atomic mass is 35.5. The van der Waals surface area contributed by atoms with Gasteiger partial charge < -0.3 is 9.26 Å². The Labute approximate surface area is 203 Å². The van der Waals surface area contributed by atoms with Crippen LogP contribution in [-0.4, -0.2) is 11.2 Å². The molecule has 3 aromatic carbocycles. The van der Waals surface area contributed by atoms with E-state index in [1.807, 2.05) is 30.3 Å². The number of fused-ring (bicyclic) bond motifs is 1. The first-order valence-corrected chi connectivity index (χ1v) is 11.8. The fourth-order valence-corrected chi connectivity index (χ4v) is 4.73. The van der Waals surface area contributed by atoms with Gasteiger partial charge in [-0.2, -0.15) is 0 Å². The summed E-state index contributed by atoms with van der Waals surface area (Å²) in [5.74, 6) is 0.486. The molecule has 0 fully saturated rings. The zero-order chi connectivity index (χ0) is 23.7. The second kappa shape index (κ2) is 9.35. The van der Waals surface area contributed by atoms with Gasteiger partial charge in [0.1, 0.15) is 17.5 Å². The molecule has 172 valence electrons. The molecule has 5 nitrogen and oxygen atoms in total. The van der Waals surface area contributed by atoms with Crippen molar-refractivity contribution < 1.29 is 14.1 Å². The van der Waals surface area contributed by atoms with E-state index in [-0.39, 0.29) is 0 Å². The number of aromatic nitrogens is 1. The molecule has 34 heavy (non-hydrogen) atoms. The van der Waals surface area contributed by atoms with Crippen molar-refractivity contribution in [3.8, 4) is 22.5 Å². The fourth-order valence-electron chi connectivity index (χ4n) is 4.44. The van der Waals surface area contributed by atoms with Gasteiger partial charge in [-0.25, -0.2) is 4.79 Å². The molecule has 1 aromatic heterocycles. The van der Waals surface area contributed by atoms with Gasteiger partial charge in [-0.05, 0) is 61.4 Å². The highest BCUT2D eigenvalue weighted by molar-refractivity contribution is 6.31. The highest BCUT2D eigenvalue weighted by Gasteiger charge is 2.21. The minimum Gasteiger partial charge on any atom is -0.441 e. The first-order chi connectivity index (χ1) is 16.5. The molecule has 1 heterocycles. The Bertz CT molecular complexity index is 1340. The van der Waals surface area contributed by atoms with Crippen LogP contribution in [0.2, 0.25) is 5.02 Å². The van der Waals surface area contributed by atoms with Crippen LogP contribution in [0.15, 0.2) is 71.3 Å². The molecule has 0 saturated carbocycles. The maximum atomic E-state index is 12.6. The van der Waals surface area contributed by atoms with E-state index in [1.165, 1.54) is 29.5 Å². The Hall–Kier alpha value is -3.57. The molecule has 0 spiro atoms. The number of amides is 1. The van der Waals surface area contributed by atoms with Crippen LogP contribution in [0.3, 0.4) is 0 Å². The normalized spacial score (nSPS) is 13.4. The van der Waals surface area contributed by atoms with Gasteiger partial charge in [-0.15, -0.1) is 0 Å². The number of benzene rings is 3. The molecule has 1 amide bonds. The molecule has 0 saturated heterocycles. The van der Waals surface area contributed by atoms with Crippen molar-refractivity contribution in [2.45, 2.75) is 39.2 Å². The third-order valence-corrected chi connectivity index (χ3v) is 6.64. The van der Waals surface area contributed by atoms with E-state index in [9.17, 15) is 4.79 Å². The monoisotopic (exact) mass is 472 g/mol. The molecule has 0 unspecified atom stereocenters. The van der Waals surface area contributed by atoms with Gasteiger partial charge in [0.25, 0.3) is 0 Å². The first-order valence-electron chi connectivity index (χ1n) is 11.4. The number of ether oxygens (including phenoxy) is 1. The lowest BCUT2D eigenvalue weighted by atomic mass is 9.99. The van der Waals surface area contributed by atoms with E-state index in [4.69, 9.17) is 20.9 Å². The van der Waals surface area contributed by atoms with Gasteiger partial charge in [0, 0.05) is 16.1 Å². The minimum absolute atomic E-state index is 0.486. The predicted octanol–water partition coefficient (Wildman–Crippen LogP) is 7.77. The van der Waals surface area contributed by atoms with Crippen LogP contribution in [0.4, 0.5) is 10.5 Å². The standard InChI is InChI=1S/C28H25ClN2O3/c1-17-26(30-28(32)33-18(2)24-8-3-4-9-25(24)29)27(34-31-17)21-13-10-20(11-14-21)23-15-12-19-6-5-7-22(19)16-23/h3-4,8-16,18H,5-7H2,1-2H3,(H,30,32)/t18-/m1/s1. The smallest absolute Gasteiger partial charge is 0.412 e. The number of carbonyl (C=O) groups excluding carboxylic acids is 1. The number of aryl methyl sites for hydroxylation is 3. The number of hydrogen-bond acceptors (Lipinski definition) is 4. The first kappa shape index (κ1) is 22.2. The number of nitrogens with zero attached hydrogens (tertiary/aromatic N) is 1. The van der Waals surface area contributed by atoms with Crippen molar-refractivity contribution in [2.75, 3.05) is 5.32 Å². The number of hydrogen-bond donors (Lipinski definition) is 1. The summed E-state index contributed by atoms with van der Waals surface area (Å²) >= 11 is 6.22. The van der Waals surface area contributed by atoms with Crippen molar-refractivity contribution in [1.29, 1.82) is 0 Å². The molecule has 6 heteroatoms. The van der Waals surface area contributed by atoms with E-state index < -0.39 is 12.2 Å². The molecule has 5 rings (SSSR count). The van der Waals surface area contributed by atoms with Crippen molar-refractivity contribution in [3.63, 3.8) is 0 Å². The Morgan fingerprint density at radius 3 is 2.50 bits per heavy atom. The van der Waals surface area contributed by atoms with Crippen molar-refractivity contribution in [2.24, 2.45) is 0 Å². The van der Waals surface area contributed by atoms with Crippen LogP contribution in [-0.2, 0) is 17.6 Å². The van der Waals surface area contributed by atoms with Crippen LogP contribution in [0, 0.1) is 6.92 Å². The predicted molar refractivity (Wildman–Crippen MR) is 134 cm³/mol. The third-order valence-electron chi connectivity index (χ3n) is 6.30. The van der Waals surface area contributed by atoms with Crippen LogP contribution >= 0.6 is 11.6 Å². The SMILES string of the molecule is Cc1noc(-c2ccc(-c3ccc4c(c3)CCC4)cc2)c1NC(=O)O[C@H](C)c1ccccc1Cl. The van der Waals surface area contributed by atoms with Crippen LogP contribution in [0.5, 0.6) is 0 Å². The fraction of sp³-hybridized carbons (Fsp3) is 0.214. The maximum Gasteiger partial charge on any atom is 0.412 e. The molecule has 0 bridgehead atoms. The largest absolute Gasteiger partial charge is 0.441 e. The molecule has 1 atom stereocenters. The van der Waals surface area contributed by atoms with Crippen molar-refractivity contribution in [1.82, 2.24) is 5.16 Å². The topological polar surface area (TPSA) is 64.4 Å². The van der Waals surface area contributed by atoms with Crippen molar-refractivity contribution >= 4 is 23.4 Å². The Morgan fingerprint density at radius 2 is 1.71 bits per heavy atom. The molecule has 1 N–H and O–H groups in total. The second-order valence-electron chi connectivity index (χ2n) is 8.58. The zero-order valence-electron chi connectivity index (χ0n) is 19.1. The van der Waals surface area contributed by atoms with E-state index in [2.05, 4.69) is 40.8 Å². The van der Waals surface area contributed by atoms with Gasteiger partial charge in [-0.3, -0.25) is 5.32 Å². The van der Waals surface area contributed by atoms with Gasteiger partial charge in [0.05, 0.1) is 0 Å². The van der Waals surface area contributed by atoms with Crippen LogP contribution in [0.1, 0.15) is 41.8 Å². The summed E-state index contributed by atoms with van der Waals surface area (Å²) in [6, 6.07) is 22.1. The molecule has 0 radical (unpaired) electrons. The minimum atomic E-state index is -0.602. The lowest BCUT2D eigenvalue weighted by Crippen LogP contribution is -2.17. The molecular formula is C28H25ClN2O3. The van der Waals surface area contributed by atoms with E-state index in [1.54, 1.807) is 19.9 Å². The summed E-state index contributed by atoms with van der Waals surface area (Å²) in [5, 5.41) is 7.39. The molecule has 4 aromatic rings. The van der Waals surface area contributed by atoms with Crippen LogP contribution in [0.25, 0.3) is 22.5 Å². The quantitative estimate of drug-likeness (QED) is 0.322. The van der Waals surface area contributed by atoms with Crippen molar-refractivity contribution in [3.05, 3.63) is 94.1 Å². The molecular weight excluding hydrogens is 448 g/mol. The average molecular weight is 473 g/mol. The molecule has 0 aliphatic heterocycles. The Morgan fingerprint density at radius 1 is 1.00 bits per heavy atom. The number of rotatable bonds is 5. The van der Waals surface area contributed by atoms with Gasteiger partial charge in [0.2, 0.25) is 0 Å². The highest BCUT2D eigenvalue weighted by Crippen LogP contribution is 2.34. The summed E-state index contributed by atoms with van der Waals surface area (Å²) in [4.78, 5) is 12.6. The maximum absolute atomic E-state index is 12.6. The van der Waals surface area contributed by atoms with E-state index in [0.717, 1.165) is 23.1 Å².